The molecule has 0 heterocycles. The van der Waals surface area contributed by atoms with Gasteiger partial charge in [0.1, 0.15) is 0 Å². The maximum atomic E-state index is 12.7. The number of hydrogen-bond acceptors (Lipinski definition) is 0. The first-order valence-electron chi connectivity index (χ1n) is 4.41. The van der Waals surface area contributed by atoms with Crippen molar-refractivity contribution in [3.05, 3.63) is 31.7 Å². The van der Waals surface area contributed by atoms with Gasteiger partial charge in [0, 0.05) is 8.95 Å². The van der Waals surface area contributed by atoms with Crippen molar-refractivity contribution in [3.63, 3.8) is 0 Å². The third-order valence-corrected chi connectivity index (χ3v) is 4.07. The molecule has 11 heteroatoms. The van der Waals surface area contributed by atoms with Crippen molar-refractivity contribution < 1.29 is 39.5 Å². The zero-order valence-electron chi connectivity index (χ0n) is 8.73. The molecule has 0 saturated heterocycles. The maximum Gasteiger partial charge on any atom is 0.418 e. The van der Waals surface area contributed by atoms with Gasteiger partial charge in [-0.3, -0.25) is 0 Å². The Morgan fingerprint density at radius 1 is 0.650 bits per heavy atom. The van der Waals surface area contributed by atoms with Gasteiger partial charge in [-0.1, -0.05) is 0 Å². The molecular formula is C9HBr2F9. The lowest BCUT2D eigenvalue weighted by atomic mass is 9.99. The minimum absolute atomic E-state index is 0.0534. The zero-order chi connectivity index (χ0) is 16.1. The molecular weight excluding hydrogens is 439 g/mol. The second-order valence-corrected chi connectivity index (χ2v) is 5.11. The highest BCUT2D eigenvalue weighted by Crippen LogP contribution is 2.51. The van der Waals surface area contributed by atoms with Crippen LogP contribution in [0, 0.1) is 0 Å². The minimum atomic E-state index is -5.82. The van der Waals surface area contributed by atoms with E-state index in [0.717, 1.165) is 0 Å². The second-order valence-electron chi connectivity index (χ2n) is 3.46. The van der Waals surface area contributed by atoms with Crippen molar-refractivity contribution in [3.8, 4) is 0 Å². The van der Waals surface area contributed by atoms with Gasteiger partial charge in [0.2, 0.25) is 0 Å². The molecule has 0 saturated carbocycles. The zero-order valence-corrected chi connectivity index (χ0v) is 11.9. The molecule has 1 aromatic rings. The Morgan fingerprint density at radius 2 is 1.05 bits per heavy atom. The van der Waals surface area contributed by atoms with Gasteiger partial charge in [-0.25, -0.2) is 0 Å². The van der Waals surface area contributed by atoms with Gasteiger partial charge in [-0.2, -0.15) is 39.5 Å². The summed E-state index contributed by atoms with van der Waals surface area (Å²) in [6, 6.07) is -0.0534. The van der Waals surface area contributed by atoms with Crippen LogP contribution in [-0.2, 0) is 18.5 Å². The van der Waals surface area contributed by atoms with E-state index in [1.165, 1.54) is 0 Å². The standard InChI is InChI=1S/C9HBr2F9/c10-3-1-2(7(12,13)14)4(8(15,16)17)5(6(3)11)9(18,19)20/h1H. The van der Waals surface area contributed by atoms with Crippen LogP contribution in [0.3, 0.4) is 0 Å². The van der Waals surface area contributed by atoms with E-state index in [4.69, 9.17) is 0 Å². The fraction of sp³-hybridized carbons (Fsp3) is 0.333. The van der Waals surface area contributed by atoms with Crippen LogP contribution in [0.4, 0.5) is 39.5 Å². The normalized spacial score (nSPS) is 13.8. The van der Waals surface area contributed by atoms with Gasteiger partial charge >= 0.3 is 18.5 Å². The number of halogens is 11. The summed E-state index contributed by atoms with van der Waals surface area (Å²) in [7, 11) is 0. The van der Waals surface area contributed by atoms with E-state index in [1.54, 1.807) is 0 Å². The Morgan fingerprint density at radius 3 is 1.35 bits per heavy atom. The highest BCUT2D eigenvalue weighted by molar-refractivity contribution is 9.13. The average Bonchev–Trinajstić information content (AvgIpc) is 2.15. The van der Waals surface area contributed by atoms with Crippen molar-refractivity contribution in [1.29, 1.82) is 0 Å². The summed E-state index contributed by atoms with van der Waals surface area (Å²) in [5.41, 5.74) is -7.60. The number of hydrogen-bond donors (Lipinski definition) is 0. The van der Waals surface area contributed by atoms with Crippen LogP contribution >= 0.6 is 31.9 Å². The van der Waals surface area contributed by atoms with E-state index in [2.05, 4.69) is 31.9 Å². The lowest BCUT2D eigenvalue weighted by molar-refractivity contribution is -0.175. The van der Waals surface area contributed by atoms with Crippen LogP contribution in [0.15, 0.2) is 15.0 Å². The summed E-state index contributed by atoms with van der Waals surface area (Å²) < 4.78 is 112. The van der Waals surface area contributed by atoms with Crippen LogP contribution in [-0.4, -0.2) is 0 Å². The molecule has 1 rings (SSSR count). The van der Waals surface area contributed by atoms with E-state index in [9.17, 15) is 39.5 Å². The Balaban J connectivity index is 3.96. The van der Waals surface area contributed by atoms with E-state index >= 15 is 0 Å². The molecule has 0 aromatic heterocycles. The molecule has 20 heavy (non-hydrogen) atoms. The van der Waals surface area contributed by atoms with E-state index in [-0.39, 0.29) is 6.07 Å². The molecule has 114 valence electrons. The molecule has 0 atom stereocenters. The molecule has 0 aliphatic carbocycles. The largest absolute Gasteiger partial charge is 0.418 e. The molecule has 0 aliphatic heterocycles. The SMILES string of the molecule is FC(F)(F)c1cc(Br)c(Br)c(C(F)(F)F)c1C(F)(F)F. The number of alkyl halides is 9. The summed E-state index contributed by atoms with van der Waals surface area (Å²) in [6.07, 6.45) is -17.0. The van der Waals surface area contributed by atoms with Crippen molar-refractivity contribution in [2.75, 3.05) is 0 Å². The van der Waals surface area contributed by atoms with Gasteiger partial charge in [0.25, 0.3) is 0 Å². The van der Waals surface area contributed by atoms with Gasteiger partial charge < -0.3 is 0 Å². The molecule has 0 nitrogen and oxygen atoms in total. The number of rotatable bonds is 0. The molecule has 0 N–H and O–H groups in total. The van der Waals surface area contributed by atoms with Crippen LogP contribution in [0.2, 0.25) is 0 Å². The van der Waals surface area contributed by atoms with Gasteiger partial charge in [-0.05, 0) is 37.9 Å². The minimum Gasteiger partial charge on any atom is -0.166 e. The predicted molar refractivity (Wildman–Crippen MR) is 56.8 cm³/mol. The van der Waals surface area contributed by atoms with Crippen LogP contribution in [0.25, 0.3) is 0 Å². The lowest BCUT2D eigenvalue weighted by Gasteiger charge is -2.22. The van der Waals surface area contributed by atoms with Crippen molar-refractivity contribution in [2.24, 2.45) is 0 Å². The van der Waals surface area contributed by atoms with Gasteiger partial charge in [0.15, 0.2) is 0 Å². The Hall–Kier alpha value is -0.450. The highest BCUT2D eigenvalue weighted by Gasteiger charge is 2.51. The van der Waals surface area contributed by atoms with Crippen LogP contribution in [0.1, 0.15) is 16.7 Å². The van der Waals surface area contributed by atoms with Crippen molar-refractivity contribution >= 4 is 31.9 Å². The van der Waals surface area contributed by atoms with Gasteiger partial charge in [-0.15, -0.1) is 0 Å². The van der Waals surface area contributed by atoms with E-state index in [0.29, 0.717) is 0 Å². The highest BCUT2D eigenvalue weighted by atomic mass is 79.9. The van der Waals surface area contributed by atoms with Gasteiger partial charge in [0.05, 0.1) is 16.7 Å². The van der Waals surface area contributed by atoms with E-state index < -0.39 is 44.2 Å². The summed E-state index contributed by atoms with van der Waals surface area (Å²) in [5, 5.41) is 0. The molecule has 0 unspecified atom stereocenters. The Kier molecular flexibility index (Phi) is 4.47. The summed E-state index contributed by atoms with van der Waals surface area (Å²) >= 11 is 4.59. The quantitative estimate of drug-likeness (QED) is 0.418. The molecule has 0 aliphatic rings. The maximum absolute atomic E-state index is 12.7. The second kappa shape index (κ2) is 5.08. The van der Waals surface area contributed by atoms with Crippen LogP contribution < -0.4 is 0 Å². The van der Waals surface area contributed by atoms with Crippen molar-refractivity contribution in [1.82, 2.24) is 0 Å². The fourth-order valence-corrected chi connectivity index (χ4v) is 2.37. The third-order valence-electron chi connectivity index (χ3n) is 2.09. The summed E-state index contributed by atoms with van der Waals surface area (Å²) in [6.45, 7) is 0. The lowest BCUT2D eigenvalue weighted by Crippen LogP contribution is -2.23. The first-order chi connectivity index (χ1) is 8.67. The predicted octanol–water partition coefficient (Wildman–Crippen LogP) is 6.27. The molecule has 1 aromatic carbocycles. The molecule has 0 fully saturated rings. The summed E-state index contributed by atoms with van der Waals surface area (Å²) in [5.74, 6) is 0. The van der Waals surface area contributed by atoms with Crippen molar-refractivity contribution in [2.45, 2.75) is 18.5 Å². The molecule has 0 bridgehead atoms. The fourth-order valence-electron chi connectivity index (χ4n) is 1.41. The molecule has 0 spiro atoms. The Bertz CT molecular complexity index is 524. The van der Waals surface area contributed by atoms with Crippen LogP contribution in [0.5, 0.6) is 0 Å². The first-order valence-corrected chi connectivity index (χ1v) is 5.99. The van der Waals surface area contributed by atoms with E-state index in [1.807, 2.05) is 0 Å². The summed E-state index contributed by atoms with van der Waals surface area (Å²) in [4.78, 5) is 0. The molecule has 0 radical (unpaired) electrons. The molecule has 0 amide bonds. The third kappa shape index (κ3) is 3.41. The smallest absolute Gasteiger partial charge is 0.166 e. The first kappa shape index (κ1) is 17.6. The Labute approximate surface area is 122 Å². The average molecular weight is 440 g/mol. The monoisotopic (exact) mass is 438 g/mol. The topological polar surface area (TPSA) is 0 Å². The number of benzene rings is 1.